The monoisotopic (exact) mass is 409 g/mol. The summed E-state index contributed by atoms with van der Waals surface area (Å²) < 4.78 is 1.73. The quantitative estimate of drug-likeness (QED) is 0.792. The lowest BCUT2D eigenvalue weighted by Gasteiger charge is -2.60. The maximum Gasteiger partial charge on any atom is 0.274 e. The number of imidazole rings is 1. The van der Waals surface area contributed by atoms with Crippen LogP contribution in [0.15, 0.2) is 24.4 Å². The zero-order chi connectivity index (χ0) is 21.0. The van der Waals surface area contributed by atoms with E-state index in [4.69, 9.17) is 5.73 Å². The van der Waals surface area contributed by atoms with Crippen LogP contribution in [-0.4, -0.2) is 52.3 Å². The number of pyridine rings is 1. The minimum atomic E-state index is -0.108. The predicted molar refractivity (Wildman–Crippen MR) is 114 cm³/mol. The molecule has 30 heavy (non-hydrogen) atoms. The summed E-state index contributed by atoms with van der Waals surface area (Å²) in [7, 11) is 0. The average molecular weight is 410 g/mol. The van der Waals surface area contributed by atoms with Crippen molar-refractivity contribution < 1.29 is 9.59 Å². The largest absolute Gasteiger partial charge is 0.350 e. The molecule has 0 unspecified atom stereocenters. The number of fused-ring (bicyclic) bond motifs is 3. The van der Waals surface area contributed by atoms with Gasteiger partial charge in [0.05, 0.1) is 0 Å². The number of nitrogens with zero attached hydrogens (tertiary/aromatic N) is 3. The van der Waals surface area contributed by atoms with Gasteiger partial charge in [-0.2, -0.15) is 0 Å². The van der Waals surface area contributed by atoms with E-state index in [1.165, 1.54) is 19.3 Å². The molecule has 3 aliphatic carbocycles. The van der Waals surface area contributed by atoms with Crippen molar-refractivity contribution in [3.63, 3.8) is 0 Å². The normalized spacial score (nSPS) is 27.4. The summed E-state index contributed by atoms with van der Waals surface area (Å²) in [6.45, 7) is 7.41. The molecule has 4 fully saturated rings. The SMILES string of the molecule is CC1(C)[C@H]2CC[C@@H](CNC(=O)c3cccc4nc(C(=O)N5CC(CN)C5)cn34)[C@@H]1C2. The van der Waals surface area contributed by atoms with Gasteiger partial charge >= 0.3 is 0 Å². The fraction of sp³-hybridized carbons (Fsp3) is 0.609. The molecule has 7 nitrogen and oxygen atoms in total. The number of hydrogen-bond donors (Lipinski definition) is 2. The summed E-state index contributed by atoms with van der Waals surface area (Å²) in [5.41, 5.74) is 7.57. The standard InChI is InChI=1S/C23H31N5O2/c1-23(2)16-7-6-15(17(23)8-16)10-25-21(29)19-4-3-5-20-26-18(13-28(19)20)22(30)27-11-14(9-24)12-27/h3-5,13-17H,6-12,24H2,1-2H3,(H,25,29)/t15-,16-,17-/m0/s1. The summed E-state index contributed by atoms with van der Waals surface area (Å²) in [5, 5.41) is 3.15. The molecule has 4 aliphatic rings. The van der Waals surface area contributed by atoms with E-state index in [-0.39, 0.29) is 11.8 Å². The second-order valence-corrected chi connectivity index (χ2v) is 9.99. The lowest BCUT2D eigenvalue weighted by Crippen LogP contribution is -2.54. The number of aromatic nitrogens is 2. The number of carbonyl (C=O) groups excluding carboxylic acids is 2. The minimum Gasteiger partial charge on any atom is -0.350 e. The van der Waals surface area contributed by atoms with Gasteiger partial charge in [-0.3, -0.25) is 14.0 Å². The van der Waals surface area contributed by atoms with Crippen LogP contribution in [0.25, 0.3) is 5.65 Å². The highest BCUT2D eigenvalue weighted by molar-refractivity contribution is 5.95. The number of carbonyl (C=O) groups is 2. The first-order valence-corrected chi connectivity index (χ1v) is 11.1. The molecule has 6 rings (SSSR count). The molecule has 2 bridgehead atoms. The van der Waals surface area contributed by atoms with Crippen molar-refractivity contribution in [3.05, 3.63) is 35.8 Å². The highest BCUT2D eigenvalue weighted by Gasteiger charge is 2.53. The molecule has 3 saturated carbocycles. The number of nitrogens with one attached hydrogen (secondary N) is 1. The van der Waals surface area contributed by atoms with E-state index in [9.17, 15) is 9.59 Å². The van der Waals surface area contributed by atoms with Crippen LogP contribution in [0.1, 0.15) is 54.1 Å². The number of nitrogens with two attached hydrogens (primary N) is 1. The summed E-state index contributed by atoms with van der Waals surface area (Å²) >= 11 is 0. The van der Waals surface area contributed by atoms with E-state index >= 15 is 0 Å². The summed E-state index contributed by atoms with van der Waals surface area (Å²) in [6, 6.07) is 5.43. The Kier molecular flexibility index (Phi) is 4.61. The van der Waals surface area contributed by atoms with E-state index in [0.717, 1.165) is 5.92 Å². The Bertz CT molecular complexity index is 989. The molecule has 3 heterocycles. The Morgan fingerprint density at radius 2 is 2.07 bits per heavy atom. The van der Waals surface area contributed by atoms with Crippen molar-refractivity contribution >= 4 is 17.5 Å². The molecule has 160 valence electrons. The van der Waals surface area contributed by atoms with Gasteiger partial charge in [-0.05, 0) is 61.1 Å². The van der Waals surface area contributed by atoms with E-state index in [1.807, 2.05) is 12.1 Å². The topological polar surface area (TPSA) is 92.7 Å². The molecule has 0 radical (unpaired) electrons. The molecule has 1 aliphatic heterocycles. The van der Waals surface area contributed by atoms with Crippen molar-refractivity contribution in [3.8, 4) is 0 Å². The van der Waals surface area contributed by atoms with Crippen LogP contribution in [0.2, 0.25) is 0 Å². The maximum absolute atomic E-state index is 13.0. The van der Waals surface area contributed by atoms with E-state index in [2.05, 4.69) is 24.1 Å². The molecule has 2 amide bonds. The number of rotatable bonds is 5. The van der Waals surface area contributed by atoms with Crippen molar-refractivity contribution in [1.82, 2.24) is 19.6 Å². The predicted octanol–water partition coefficient (Wildman–Crippen LogP) is 2.17. The van der Waals surface area contributed by atoms with Crippen molar-refractivity contribution in [2.24, 2.45) is 34.8 Å². The van der Waals surface area contributed by atoms with Gasteiger partial charge in [-0.25, -0.2) is 4.98 Å². The molecule has 0 aromatic carbocycles. The number of amides is 2. The molecule has 3 atom stereocenters. The van der Waals surface area contributed by atoms with Crippen LogP contribution in [0.5, 0.6) is 0 Å². The van der Waals surface area contributed by atoms with Gasteiger partial charge in [0.2, 0.25) is 0 Å². The molecule has 0 spiro atoms. The van der Waals surface area contributed by atoms with Gasteiger partial charge in [0.1, 0.15) is 17.0 Å². The molecular weight excluding hydrogens is 378 g/mol. The van der Waals surface area contributed by atoms with Crippen LogP contribution < -0.4 is 11.1 Å². The summed E-state index contributed by atoms with van der Waals surface area (Å²) in [5.74, 6) is 2.29. The Morgan fingerprint density at radius 3 is 2.77 bits per heavy atom. The fourth-order valence-corrected chi connectivity index (χ4v) is 5.87. The third kappa shape index (κ3) is 3.02. The molecule has 2 aromatic rings. The third-order valence-corrected chi connectivity index (χ3v) is 8.05. The van der Waals surface area contributed by atoms with Crippen LogP contribution in [0.4, 0.5) is 0 Å². The highest BCUT2D eigenvalue weighted by Crippen LogP contribution is 2.61. The van der Waals surface area contributed by atoms with Gasteiger partial charge in [0.15, 0.2) is 0 Å². The lowest BCUT2D eigenvalue weighted by atomic mass is 9.45. The van der Waals surface area contributed by atoms with Crippen LogP contribution in [0, 0.1) is 29.1 Å². The van der Waals surface area contributed by atoms with E-state index in [0.29, 0.717) is 66.4 Å². The van der Waals surface area contributed by atoms with E-state index in [1.54, 1.807) is 21.6 Å². The summed E-state index contributed by atoms with van der Waals surface area (Å²) in [4.78, 5) is 31.9. The van der Waals surface area contributed by atoms with Gasteiger partial charge < -0.3 is 16.0 Å². The molecular formula is C23H31N5O2. The molecule has 1 saturated heterocycles. The lowest BCUT2D eigenvalue weighted by molar-refractivity contribution is -0.103. The first kappa shape index (κ1) is 19.5. The van der Waals surface area contributed by atoms with Crippen LogP contribution in [-0.2, 0) is 0 Å². The average Bonchev–Trinajstić information content (AvgIpc) is 3.15. The van der Waals surface area contributed by atoms with Gasteiger partial charge in [-0.1, -0.05) is 19.9 Å². The number of likely N-dealkylation sites (tertiary alicyclic amines) is 1. The number of hydrogen-bond acceptors (Lipinski definition) is 4. The van der Waals surface area contributed by atoms with Crippen molar-refractivity contribution in [2.45, 2.75) is 33.1 Å². The van der Waals surface area contributed by atoms with E-state index < -0.39 is 0 Å². The summed E-state index contributed by atoms with van der Waals surface area (Å²) in [6.07, 6.45) is 5.46. The first-order chi connectivity index (χ1) is 14.4. The van der Waals surface area contributed by atoms with Gasteiger partial charge in [-0.15, -0.1) is 0 Å². The zero-order valence-corrected chi connectivity index (χ0v) is 17.8. The molecule has 2 aromatic heterocycles. The Morgan fingerprint density at radius 1 is 1.27 bits per heavy atom. The van der Waals surface area contributed by atoms with Gasteiger partial charge in [0.25, 0.3) is 11.8 Å². The second kappa shape index (κ2) is 7.08. The Hall–Kier alpha value is -2.41. The van der Waals surface area contributed by atoms with Gasteiger partial charge in [0, 0.05) is 31.7 Å². The minimum absolute atomic E-state index is 0.0984. The van der Waals surface area contributed by atoms with Crippen LogP contribution >= 0.6 is 0 Å². The maximum atomic E-state index is 13.0. The van der Waals surface area contributed by atoms with Crippen molar-refractivity contribution in [1.29, 1.82) is 0 Å². The molecule has 3 N–H and O–H groups in total. The smallest absolute Gasteiger partial charge is 0.274 e. The van der Waals surface area contributed by atoms with Crippen molar-refractivity contribution in [2.75, 3.05) is 26.2 Å². The van der Waals surface area contributed by atoms with Crippen LogP contribution in [0.3, 0.4) is 0 Å². The third-order valence-electron chi connectivity index (χ3n) is 8.05. The highest BCUT2D eigenvalue weighted by atomic mass is 16.2. The first-order valence-electron chi connectivity index (χ1n) is 11.1. The second-order valence-electron chi connectivity index (χ2n) is 9.99. The zero-order valence-electron chi connectivity index (χ0n) is 17.8. The fourth-order valence-electron chi connectivity index (χ4n) is 5.87. The Balaban J connectivity index is 1.29. The molecule has 7 heteroatoms. The Labute approximate surface area is 177 Å².